The van der Waals surface area contributed by atoms with Crippen molar-refractivity contribution in [2.45, 2.75) is 13.5 Å². The van der Waals surface area contributed by atoms with Crippen LogP contribution in [0.4, 0.5) is 5.13 Å². The van der Waals surface area contributed by atoms with Crippen molar-refractivity contribution in [1.82, 2.24) is 9.55 Å². The number of carbonyl (C=O) groups is 1. The van der Waals surface area contributed by atoms with Gasteiger partial charge < -0.3 is 14.5 Å². The standard InChI is InChI=1S/C18H14ClN3O4S/c1-2-25-11-4-5-12-15(8-11)27-17(20-12)21-16(23)9-22-13-7-10(19)3-6-14(13)26-18(22)24/h3-8H,2,9H2,1H3,(H,20,21,23). The van der Waals surface area contributed by atoms with E-state index in [4.69, 9.17) is 20.8 Å². The molecule has 0 unspecified atom stereocenters. The van der Waals surface area contributed by atoms with Crippen LogP contribution in [0.5, 0.6) is 5.75 Å². The molecule has 0 saturated heterocycles. The third-order valence-corrected chi connectivity index (χ3v) is 5.02. The van der Waals surface area contributed by atoms with Gasteiger partial charge >= 0.3 is 5.76 Å². The van der Waals surface area contributed by atoms with E-state index in [-0.39, 0.29) is 12.5 Å². The monoisotopic (exact) mass is 403 g/mol. The van der Waals surface area contributed by atoms with Gasteiger partial charge in [0.15, 0.2) is 10.7 Å². The van der Waals surface area contributed by atoms with E-state index in [1.54, 1.807) is 18.2 Å². The van der Waals surface area contributed by atoms with Gasteiger partial charge in [-0.1, -0.05) is 22.9 Å². The van der Waals surface area contributed by atoms with Crippen molar-refractivity contribution >= 4 is 55.3 Å². The number of fused-ring (bicyclic) bond motifs is 2. The molecule has 7 nitrogen and oxygen atoms in total. The molecule has 2 heterocycles. The molecule has 0 aliphatic heterocycles. The Bertz CT molecular complexity index is 1210. The highest BCUT2D eigenvalue weighted by molar-refractivity contribution is 7.22. The van der Waals surface area contributed by atoms with Crippen LogP contribution < -0.4 is 15.8 Å². The van der Waals surface area contributed by atoms with Crippen molar-refractivity contribution < 1.29 is 13.9 Å². The fraction of sp³-hybridized carbons (Fsp3) is 0.167. The second-order valence-corrected chi connectivity index (χ2v) is 7.16. The van der Waals surface area contributed by atoms with Crippen LogP contribution in [-0.2, 0) is 11.3 Å². The van der Waals surface area contributed by atoms with Gasteiger partial charge in [0.05, 0.1) is 22.3 Å². The lowest BCUT2D eigenvalue weighted by atomic mass is 10.3. The van der Waals surface area contributed by atoms with Crippen LogP contribution in [-0.4, -0.2) is 22.1 Å². The summed E-state index contributed by atoms with van der Waals surface area (Å²) in [6.07, 6.45) is 0. The Labute approximate surface area is 162 Å². The fourth-order valence-electron chi connectivity index (χ4n) is 2.70. The minimum absolute atomic E-state index is 0.202. The summed E-state index contributed by atoms with van der Waals surface area (Å²) in [4.78, 5) is 28.8. The molecule has 2 aromatic carbocycles. The Balaban J connectivity index is 1.56. The summed E-state index contributed by atoms with van der Waals surface area (Å²) >= 11 is 7.30. The number of carbonyl (C=O) groups excluding carboxylic acids is 1. The summed E-state index contributed by atoms with van der Waals surface area (Å²) in [7, 11) is 0. The number of thiazole rings is 1. The molecule has 0 aliphatic rings. The van der Waals surface area contributed by atoms with Crippen molar-refractivity contribution in [3.63, 3.8) is 0 Å². The lowest BCUT2D eigenvalue weighted by molar-refractivity contribution is -0.116. The summed E-state index contributed by atoms with van der Waals surface area (Å²) in [5.74, 6) is -0.253. The van der Waals surface area contributed by atoms with Crippen LogP contribution in [0.25, 0.3) is 21.3 Å². The first-order valence-corrected chi connectivity index (χ1v) is 9.35. The van der Waals surface area contributed by atoms with E-state index in [1.165, 1.54) is 15.9 Å². The predicted octanol–water partition coefficient (Wildman–Crippen LogP) is 3.90. The highest BCUT2D eigenvalue weighted by Gasteiger charge is 2.15. The molecule has 27 heavy (non-hydrogen) atoms. The average Bonchev–Trinajstić information content (AvgIpc) is 3.15. The quantitative estimate of drug-likeness (QED) is 0.546. The molecule has 4 rings (SSSR count). The number of nitrogens with one attached hydrogen (secondary N) is 1. The second-order valence-electron chi connectivity index (χ2n) is 5.70. The van der Waals surface area contributed by atoms with Crippen LogP contribution in [0, 0.1) is 0 Å². The lowest BCUT2D eigenvalue weighted by Crippen LogP contribution is -2.24. The van der Waals surface area contributed by atoms with Gasteiger partial charge in [0.25, 0.3) is 0 Å². The normalized spacial score (nSPS) is 11.2. The molecule has 0 atom stereocenters. The number of benzene rings is 2. The molecule has 0 saturated carbocycles. The molecular formula is C18H14ClN3O4S. The van der Waals surface area contributed by atoms with Crippen molar-refractivity contribution in [2.24, 2.45) is 0 Å². The molecule has 0 radical (unpaired) electrons. The van der Waals surface area contributed by atoms with Gasteiger partial charge in [-0.15, -0.1) is 0 Å². The number of oxazole rings is 1. The highest BCUT2D eigenvalue weighted by Crippen LogP contribution is 2.29. The number of anilines is 1. The Hall–Kier alpha value is -2.84. The number of nitrogens with zero attached hydrogens (tertiary/aromatic N) is 2. The van der Waals surface area contributed by atoms with Crippen molar-refractivity contribution in [2.75, 3.05) is 11.9 Å². The highest BCUT2D eigenvalue weighted by atomic mass is 35.5. The summed E-state index contributed by atoms with van der Waals surface area (Å²) < 4.78 is 12.7. The average molecular weight is 404 g/mol. The SMILES string of the molecule is CCOc1ccc2nc(NC(=O)Cn3c(=O)oc4ccc(Cl)cc43)sc2c1. The fourth-order valence-corrected chi connectivity index (χ4v) is 3.78. The van der Waals surface area contributed by atoms with E-state index in [0.29, 0.717) is 27.9 Å². The summed E-state index contributed by atoms with van der Waals surface area (Å²) in [5, 5.41) is 3.62. The topological polar surface area (TPSA) is 86.4 Å². The molecule has 0 spiro atoms. The minimum Gasteiger partial charge on any atom is -0.494 e. The molecule has 1 amide bonds. The van der Waals surface area contributed by atoms with Crippen molar-refractivity contribution in [1.29, 1.82) is 0 Å². The van der Waals surface area contributed by atoms with Crippen molar-refractivity contribution in [3.8, 4) is 5.75 Å². The maximum Gasteiger partial charge on any atom is 0.420 e. The largest absolute Gasteiger partial charge is 0.494 e. The summed E-state index contributed by atoms with van der Waals surface area (Å²) in [6, 6.07) is 10.3. The number of halogens is 1. The van der Waals surface area contributed by atoms with E-state index >= 15 is 0 Å². The molecule has 2 aromatic heterocycles. The summed E-state index contributed by atoms with van der Waals surface area (Å²) in [6.45, 7) is 2.29. The number of rotatable bonds is 5. The van der Waals surface area contributed by atoms with Gasteiger partial charge in [0, 0.05) is 5.02 Å². The van der Waals surface area contributed by atoms with Gasteiger partial charge in [0.1, 0.15) is 12.3 Å². The molecular weight excluding hydrogens is 390 g/mol. The third kappa shape index (κ3) is 3.54. The van der Waals surface area contributed by atoms with Crippen LogP contribution in [0.3, 0.4) is 0 Å². The first-order chi connectivity index (χ1) is 13.0. The molecule has 4 aromatic rings. The molecule has 0 aliphatic carbocycles. The first-order valence-electron chi connectivity index (χ1n) is 8.15. The van der Waals surface area contributed by atoms with E-state index in [1.807, 2.05) is 25.1 Å². The van der Waals surface area contributed by atoms with E-state index in [9.17, 15) is 9.59 Å². The number of hydrogen-bond donors (Lipinski definition) is 1. The van der Waals surface area contributed by atoms with Crippen LogP contribution in [0.15, 0.2) is 45.6 Å². The van der Waals surface area contributed by atoms with Gasteiger partial charge in [-0.05, 0) is 43.3 Å². The second kappa shape index (κ2) is 7.05. The molecule has 1 N–H and O–H groups in total. The summed E-state index contributed by atoms with van der Waals surface area (Å²) in [5.41, 5.74) is 1.60. The zero-order chi connectivity index (χ0) is 19.0. The molecule has 0 fully saturated rings. The van der Waals surface area contributed by atoms with Crippen LogP contribution in [0.2, 0.25) is 5.02 Å². The van der Waals surface area contributed by atoms with E-state index < -0.39 is 5.76 Å². The Kier molecular flexibility index (Phi) is 4.59. The van der Waals surface area contributed by atoms with Crippen LogP contribution in [0.1, 0.15) is 6.92 Å². The lowest BCUT2D eigenvalue weighted by Gasteiger charge is -2.02. The maximum absolute atomic E-state index is 12.4. The Morgan fingerprint density at radius 3 is 3.00 bits per heavy atom. The number of ether oxygens (including phenoxy) is 1. The number of aromatic nitrogens is 2. The predicted molar refractivity (Wildman–Crippen MR) is 105 cm³/mol. The molecule has 0 bridgehead atoms. The van der Waals surface area contributed by atoms with E-state index in [2.05, 4.69) is 10.3 Å². The Morgan fingerprint density at radius 1 is 1.33 bits per heavy atom. The van der Waals surface area contributed by atoms with E-state index in [0.717, 1.165) is 16.0 Å². The number of amides is 1. The van der Waals surface area contributed by atoms with Crippen LogP contribution >= 0.6 is 22.9 Å². The molecule has 9 heteroatoms. The minimum atomic E-state index is -0.618. The van der Waals surface area contributed by atoms with Gasteiger partial charge in [-0.3, -0.25) is 9.36 Å². The van der Waals surface area contributed by atoms with Gasteiger partial charge in [-0.25, -0.2) is 9.78 Å². The third-order valence-electron chi connectivity index (χ3n) is 3.85. The smallest absolute Gasteiger partial charge is 0.420 e. The zero-order valence-electron chi connectivity index (χ0n) is 14.2. The van der Waals surface area contributed by atoms with Crippen molar-refractivity contribution in [3.05, 3.63) is 52.0 Å². The maximum atomic E-state index is 12.4. The Morgan fingerprint density at radius 2 is 2.19 bits per heavy atom. The van der Waals surface area contributed by atoms with Gasteiger partial charge in [-0.2, -0.15) is 0 Å². The molecule has 138 valence electrons. The first kappa shape index (κ1) is 17.6. The van der Waals surface area contributed by atoms with Gasteiger partial charge in [0.2, 0.25) is 5.91 Å². The zero-order valence-corrected chi connectivity index (χ0v) is 15.8. The number of hydrogen-bond acceptors (Lipinski definition) is 6.